The largest absolute Gasteiger partial charge is 0.399 e. The molecule has 0 spiro atoms. The molecule has 100 valence electrons. The molecule has 0 heterocycles. The van der Waals surface area contributed by atoms with E-state index in [1.165, 1.54) is 7.11 Å². The number of aryl methyl sites for hydroxylation is 1. The lowest BCUT2D eigenvalue weighted by molar-refractivity contribution is 0.0587. The van der Waals surface area contributed by atoms with Gasteiger partial charge in [0.05, 0.1) is 12.7 Å². The molecule has 0 aromatic heterocycles. The maximum atomic E-state index is 11.9. The summed E-state index contributed by atoms with van der Waals surface area (Å²) in [4.78, 5) is 11.9. The fraction of sp³-hybridized carbons (Fsp3) is 0.462. The van der Waals surface area contributed by atoms with Crippen molar-refractivity contribution in [1.82, 2.24) is 5.32 Å². The van der Waals surface area contributed by atoms with Crippen LogP contribution < -0.4 is 11.1 Å². The highest BCUT2D eigenvalue weighted by Gasteiger charge is 2.09. The van der Waals surface area contributed by atoms with E-state index in [9.17, 15) is 9.90 Å². The minimum Gasteiger partial charge on any atom is -0.399 e. The molecular formula is C13H20N2O3. The lowest BCUT2D eigenvalue weighted by Crippen LogP contribution is -2.29. The van der Waals surface area contributed by atoms with Gasteiger partial charge in [-0.2, -0.15) is 0 Å². The van der Waals surface area contributed by atoms with Crippen LogP contribution in [0.2, 0.25) is 0 Å². The summed E-state index contributed by atoms with van der Waals surface area (Å²) in [6.07, 6.45) is -0.0871. The molecule has 5 nitrogen and oxygen atoms in total. The smallest absolute Gasteiger partial charge is 0.251 e. The van der Waals surface area contributed by atoms with Crippen LogP contribution in [0.25, 0.3) is 0 Å². The summed E-state index contributed by atoms with van der Waals surface area (Å²) >= 11 is 0. The fourth-order valence-electron chi connectivity index (χ4n) is 1.66. The molecule has 0 fully saturated rings. The van der Waals surface area contributed by atoms with Gasteiger partial charge in [-0.15, -0.1) is 0 Å². The van der Waals surface area contributed by atoms with Gasteiger partial charge in [0.2, 0.25) is 0 Å². The lowest BCUT2D eigenvalue weighted by Gasteiger charge is -2.11. The molecule has 18 heavy (non-hydrogen) atoms. The molecule has 1 aromatic rings. The van der Waals surface area contributed by atoms with E-state index in [-0.39, 0.29) is 12.5 Å². The fourth-order valence-corrected chi connectivity index (χ4v) is 1.66. The van der Waals surface area contributed by atoms with E-state index in [1.54, 1.807) is 18.2 Å². The number of anilines is 1. The number of nitrogens with one attached hydrogen (secondary N) is 1. The third-order valence-corrected chi connectivity index (χ3v) is 2.62. The zero-order chi connectivity index (χ0) is 13.5. The van der Waals surface area contributed by atoms with Crippen LogP contribution in [0.5, 0.6) is 0 Å². The molecular weight excluding hydrogens is 232 g/mol. The van der Waals surface area contributed by atoms with E-state index in [2.05, 4.69) is 5.32 Å². The Balaban J connectivity index is 2.45. The molecule has 1 unspecified atom stereocenters. The van der Waals surface area contributed by atoms with Crippen LogP contribution in [0, 0.1) is 6.92 Å². The predicted octanol–water partition coefficient (Wildman–Crippen LogP) is 0.704. The van der Waals surface area contributed by atoms with Gasteiger partial charge in [-0.3, -0.25) is 4.79 Å². The molecule has 1 rings (SSSR count). The first-order valence-corrected chi connectivity index (χ1v) is 5.86. The van der Waals surface area contributed by atoms with Crippen molar-refractivity contribution in [3.8, 4) is 0 Å². The van der Waals surface area contributed by atoms with Gasteiger partial charge >= 0.3 is 0 Å². The number of hydrogen-bond acceptors (Lipinski definition) is 4. The third-order valence-electron chi connectivity index (χ3n) is 2.62. The van der Waals surface area contributed by atoms with E-state index in [0.29, 0.717) is 24.2 Å². The van der Waals surface area contributed by atoms with E-state index < -0.39 is 6.10 Å². The maximum Gasteiger partial charge on any atom is 0.251 e. The van der Waals surface area contributed by atoms with E-state index >= 15 is 0 Å². The van der Waals surface area contributed by atoms with Crippen LogP contribution in [-0.2, 0) is 4.74 Å². The first-order chi connectivity index (χ1) is 8.54. The summed E-state index contributed by atoms with van der Waals surface area (Å²) in [6, 6.07) is 5.15. The van der Waals surface area contributed by atoms with Crippen LogP contribution in [0.15, 0.2) is 18.2 Å². The number of carbonyl (C=O) groups excluding carboxylic acids is 1. The van der Waals surface area contributed by atoms with Crippen LogP contribution in [0.1, 0.15) is 22.3 Å². The third kappa shape index (κ3) is 4.35. The number of aliphatic hydroxyl groups excluding tert-OH is 1. The van der Waals surface area contributed by atoms with Crippen molar-refractivity contribution in [1.29, 1.82) is 0 Å². The van der Waals surface area contributed by atoms with Gasteiger partial charge in [0, 0.05) is 24.9 Å². The van der Waals surface area contributed by atoms with Gasteiger partial charge in [-0.1, -0.05) is 0 Å². The molecule has 4 N–H and O–H groups in total. The van der Waals surface area contributed by atoms with Crippen LogP contribution in [-0.4, -0.2) is 37.4 Å². The Labute approximate surface area is 107 Å². The predicted molar refractivity (Wildman–Crippen MR) is 70.4 cm³/mol. The second-order valence-electron chi connectivity index (χ2n) is 4.23. The van der Waals surface area contributed by atoms with Gasteiger partial charge in [-0.05, 0) is 37.1 Å². The Morgan fingerprint density at radius 1 is 1.56 bits per heavy atom. The second-order valence-corrected chi connectivity index (χ2v) is 4.23. The first kappa shape index (κ1) is 14.5. The maximum absolute atomic E-state index is 11.9. The number of methoxy groups -OCH3 is 1. The molecule has 0 aliphatic rings. The number of nitrogens with two attached hydrogens (primary N) is 1. The average molecular weight is 252 g/mol. The zero-order valence-corrected chi connectivity index (χ0v) is 10.8. The molecule has 0 radical (unpaired) electrons. The SMILES string of the molecule is COCC(O)CCNC(=O)c1ccc(N)cc1C. The second kappa shape index (κ2) is 6.98. The molecule has 0 aliphatic carbocycles. The monoisotopic (exact) mass is 252 g/mol. The van der Waals surface area contributed by atoms with E-state index in [0.717, 1.165) is 5.56 Å². The number of aliphatic hydroxyl groups is 1. The average Bonchev–Trinajstić information content (AvgIpc) is 2.29. The van der Waals surface area contributed by atoms with E-state index in [1.807, 2.05) is 6.92 Å². The molecule has 1 amide bonds. The lowest BCUT2D eigenvalue weighted by atomic mass is 10.1. The van der Waals surface area contributed by atoms with Gasteiger partial charge in [0.1, 0.15) is 0 Å². The van der Waals surface area contributed by atoms with Crippen molar-refractivity contribution >= 4 is 11.6 Å². The number of benzene rings is 1. The quantitative estimate of drug-likeness (QED) is 0.651. The Bertz CT molecular complexity index is 407. The van der Waals surface area contributed by atoms with Gasteiger partial charge in [0.15, 0.2) is 0 Å². The highest BCUT2D eigenvalue weighted by molar-refractivity contribution is 5.95. The molecule has 0 bridgehead atoms. The Hall–Kier alpha value is -1.59. The van der Waals surface area contributed by atoms with Crippen molar-refractivity contribution in [3.05, 3.63) is 29.3 Å². The highest BCUT2D eigenvalue weighted by atomic mass is 16.5. The van der Waals surface area contributed by atoms with Crippen molar-refractivity contribution in [2.75, 3.05) is 26.0 Å². The van der Waals surface area contributed by atoms with Crippen molar-refractivity contribution in [2.45, 2.75) is 19.4 Å². The zero-order valence-electron chi connectivity index (χ0n) is 10.8. The Kier molecular flexibility index (Phi) is 5.61. The molecule has 1 atom stereocenters. The van der Waals surface area contributed by atoms with Gasteiger partial charge < -0.3 is 20.9 Å². The number of nitrogen functional groups attached to an aromatic ring is 1. The van der Waals surface area contributed by atoms with Crippen molar-refractivity contribution < 1.29 is 14.6 Å². The summed E-state index contributed by atoms with van der Waals surface area (Å²) in [5.74, 6) is -0.155. The molecule has 0 aliphatic heterocycles. The molecule has 0 saturated heterocycles. The molecule has 5 heteroatoms. The normalized spacial score (nSPS) is 12.2. The summed E-state index contributed by atoms with van der Waals surface area (Å²) in [7, 11) is 1.53. The number of hydrogen-bond donors (Lipinski definition) is 3. The van der Waals surface area contributed by atoms with Crippen LogP contribution >= 0.6 is 0 Å². The topological polar surface area (TPSA) is 84.6 Å². The minimum absolute atomic E-state index is 0.155. The summed E-state index contributed by atoms with van der Waals surface area (Å²) in [5.41, 5.74) is 7.70. The first-order valence-electron chi connectivity index (χ1n) is 5.86. The summed E-state index contributed by atoms with van der Waals surface area (Å²) in [5, 5.41) is 12.2. The number of rotatable bonds is 6. The van der Waals surface area contributed by atoms with Crippen molar-refractivity contribution in [3.63, 3.8) is 0 Å². The summed E-state index contributed by atoms with van der Waals surface area (Å²) < 4.78 is 4.80. The Morgan fingerprint density at radius 2 is 2.28 bits per heavy atom. The highest BCUT2D eigenvalue weighted by Crippen LogP contribution is 2.12. The molecule has 0 saturated carbocycles. The van der Waals surface area contributed by atoms with Gasteiger partial charge in [-0.25, -0.2) is 0 Å². The number of amides is 1. The van der Waals surface area contributed by atoms with Gasteiger partial charge in [0.25, 0.3) is 5.91 Å². The number of carbonyl (C=O) groups is 1. The standard InChI is InChI=1S/C13H20N2O3/c1-9-7-10(14)3-4-12(9)13(17)15-6-5-11(16)8-18-2/h3-4,7,11,16H,5-6,8,14H2,1-2H3,(H,15,17). The Morgan fingerprint density at radius 3 is 2.89 bits per heavy atom. The van der Waals surface area contributed by atoms with Crippen molar-refractivity contribution in [2.24, 2.45) is 0 Å². The summed E-state index contributed by atoms with van der Waals surface area (Å²) in [6.45, 7) is 2.52. The number of ether oxygens (including phenoxy) is 1. The minimum atomic E-state index is -0.553. The van der Waals surface area contributed by atoms with Crippen LogP contribution in [0.4, 0.5) is 5.69 Å². The molecule has 1 aromatic carbocycles. The van der Waals surface area contributed by atoms with Crippen LogP contribution in [0.3, 0.4) is 0 Å². The van der Waals surface area contributed by atoms with E-state index in [4.69, 9.17) is 10.5 Å².